The van der Waals surface area contributed by atoms with Crippen LogP contribution in [0.15, 0.2) is 71.3 Å². The molecule has 4 aromatic rings. The minimum atomic E-state index is -0.958. The van der Waals surface area contributed by atoms with Gasteiger partial charge in [0.25, 0.3) is 0 Å². The summed E-state index contributed by atoms with van der Waals surface area (Å²) in [5, 5.41) is 4.42. The predicted molar refractivity (Wildman–Crippen MR) is 176 cm³/mol. The number of H-pyrrole nitrogens is 1. The molecule has 226 valence electrons. The van der Waals surface area contributed by atoms with Gasteiger partial charge in [0.1, 0.15) is 11.3 Å². The number of hydrogen-bond acceptors (Lipinski definition) is 5. The number of carbonyl (C=O) groups excluding carboxylic acids is 2. The van der Waals surface area contributed by atoms with Crippen LogP contribution in [-0.2, 0) is 16.1 Å². The van der Waals surface area contributed by atoms with Crippen LogP contribution in [0.25, 0.3) is 10.9 Å². The summed E-state index contributed by atoms with van der Waals surface area (Å²) < 4.78 is 5.75. The van der Waals surface area contributed by atoms with Gasteiger partial charge in [-0.2, -0.15) is 11.8 Å². The van der Waals surface area contributed by atoms with Crippen LogP contribution < -0.4 is 10.2 Å². The number of fused-ring (bicyclic) bond motifs is 1. The second-order valence-corrected chi connectivity index (χ2v) is 14.1. The van der Waals surface area contributed by atoms with Crippen molar-refractivity contribution in [1.82, 2.24) is 9.88 Å². The number of carbonyl (C=O) groups is 2. The van der Waals surface area contributed by atoms with Crippen LogP contribution >= 0.6 is 11.8 Å². The van der Waals surface area contributed by atoms with Crippen molar-refractivity contribution in [3.8, 4) is 0 Å². The van der Waals surface area contributed by atoms with Crippen LogP contribution in [-0.4, -0.2) is 52.8 Å². The fraction of sp³-hybridized carbons (Fsp3) is 0.429. The third-order valence-electron chi connectivity index (χ3n) is 9.80. The number of aromatic amines is 1. The smallest absolute Gasteiger partial charge is 0.250 e. The minimum Gasteiger partial charge on any atom is -0.467 e. The van der Waals surface area contributed by atoms with Crippen molar-refractivity contribution < 1.29 is 14.0 Å². The third kappa shape index (κ3) is 5.46. The largest absolute Gasteiger partial charge is 0.467 e. The van der Waals surface area contributed by atoms with Crippen molar-refractivity contribution in [3.05, 3.63) is 83.9 Å². The Hall–Kier alpha value is -3.65. The molecule has 2 fully saturated rings. The summed E-state index contributed by atoms with van der Waals surface area (Å²) in [5.41, 5.74) is 4.42. The monoisotopic (exact) mass is 598 g/mol. The normalized spacial score (nSPS) is 20.5. The van der Waals surface area contributed by atoms with E-state index in [9.17, 15) is 9.59 Å². The van der Waals surface area contributed by atoms with E-state index in [1.165, 1.54) is 16.6 Å². The van der Waals surface area contributed by atoms with E-state index in [-0.39, 0.29) is 35.6 Å². The summed E-state index contributed by atoms with van der Waals surface area (Å²) in [6.07, 6.45) is 3.22. The number of amides is 2. The van der Waals surface area contributed by atoms with E-state index in [1.54, 1.807) is 6.26 Å². The first-order valence-electron chi connectivity index (χ1n) is 15.2. The number of nitrogens with one attached hydrogen (secondary N) is 2. The molecule has 6 rings (SSSR count). The number of hydrogen-bond donors (Lipinski definition) is 2. The molecule has 3 heterocycles. The number of furan rings is 1. The summed E-state index contributed by atoms with van der Waals surface area (Å²) >= 11 is 1.84. The van der Waals surface area contributed by atoms with Gasteiger partial charge in [0.15, 0.2) is 0 Å². The first-order chi connectivity index (χ1) is 20.6. The van der Waals surface area contributed by atoms with Crippen LogP contribution in [0.2, 0.25) is 0 Å². The second-order valence-electron chi connectivity index (χ2n) is 12.9. The molecule has 2 N–H and O–H groups in total. The van der Waals surface area contributed by atoms with Crippen LogP contribution in [0, 0.1) is 18.3 Å². The molecule has 1 aliphatic heterocycles. The van der Waals surface area contributed by atoms with Crippen molar-refractivity contribution in [2.45, 2.75) is 58.0 Å². The molecule has 1 saturated heterocycles. The topological polar surface area (TPSA) is 81.6 Å². The average molecular weight is 599 g/mol. The quantitative estimate of drug-likeness (QED) is 0.213. The van der Waals surface area contributed by atoms with E-state index in [0.29, 0.717) is 25.0 Å². The van der Waals surface area contributed by atoms with Crippen LogP contribution in [0.3, 0.4) is 0 Å². The van der Waals surface area contributed by atoms with E-state index in [1.807, 2.05) is 72.1 Å². The van der Waals surface area contributed by atoms with Gasteiger partial charge < -0.3 is 24.5 Å². The molecular formula is C35H42N4O3S. The fourth-order valence-electron chi connectivity index (χ4n) is 7.15. The molecule has 2 amide bonds. The van der Waals surface area contributed by atoms with Gasteiger partial charge in [0.05, 0.1) is 12.8 Å². The van der Waals surface area contributed by atoms with Gasteiger partial charge in [-0.05, 0) is 96.5 Å². The van der Waals surface area contributed by atoms with Crippen molar-refractivity contribution in [3.63, 3.8) is 0 Å². The van der Waals surface area contributed by atoms with Gasteiger partial charge >= 0.3 is 0 Å². The Balaban J connectivity index is 1.30. The van der Waals surface area contributed by atoms with Gasteiger partial charge in [-0.25, -0.2) is 0 Å². The summed E-state index contributed by atoms with van der Waals surface area (Å²) in [4.78, 5) is 36.3. The lowest BCUT2D eigenvalue weighted by Crippen LogP contribution is -2.60. The van der Waals surface area contributed by atoms with Gasteiger partial charge in [-0.3, -0.25) is 9.59 Å². The molecule has 2 aromatic heterocycles. The lowest BCUT2D eigenvalue weighted by molar-refractivity contribution is -0.148. The van der Waals surface area contributed by atoms with E-state index < -0.39 is 5.54 Å². The molecular weight excluding hydrogens is 556 g/mol. The standard InChI is InChI=1S/C35H42N4O3S/c1-23-31(27-10-6-7-11-29(27)36-23)32-28(34(32,2)3)21-30(40)39(22-26-9-8-18-42-26)35(16-19-43-20-17-35)33(41)37-24-12-14-25(15-13-24)38(4)5/h6-15,18,28,32,36H,16-17,19-22H2,1-5H3,(H,37,41)/t28-,32-/m0/s1. The van der Waals surface area contributed by atoms with Crippen LogP contribution in [0.1, 0.15) is 56.0 Å². The van der Waals surface area contributed by atoms with Crippen LogP contribution in [0.5, 0.6) is 0 Å². The van der Waals surface area contributed by atoms with Crippen molar-refractivity contribution in [1.29, 1.82) is 0 Å². The van der Waals surface area contributed by atoms with E-state index in [0.717, 1.165) is 28.4 Å². The Kier molecular flexibility index (Phi) is 7.84. The molecule has 1 aliphatic carbocycles. The van der Waals surface area contributed by atoms with Gasteiger partial charge in [0.2, 0.25) is 11.8 Å². The molecule has 0 unspecified atom stereocenters. The predicted octanol–water partition coefficient (Wildman–Crippen LogP) is 7.20. The fourth-order valence-corrected chi connectivity index (χ4v) is 8.32. The maximum Gasteiger partial charge on any atom is 0.250 e. The Labute approximate surface area is 258 Å². The maximum absolute atomic E-state index is 14.5. The molecule has 8 heteroatoms. The lowest BCUT2D eigenvalue weighted by Gasteiger charge is -2.44. The van der Waals surface area contributed by atoms with Gasteiger partial charge in [-0.1, -0.05) is 32.0 Å². The number of aromatic nitrogens is 1. The maximum atomic E-state index is 14.5. The molecule has 0 radical (unpaired) electrons. The van der Waals surface area contributed by atoms with Crippen LogP contribution in [0.4, 0.5) is 11.4 Å². The van der Waals surface area contributed by atoms with E-state index in [2.05, 4.69) is 55.3 Å². The zero-order valence-electron chi connectivity index (χ0n) is 25.8. The van der Waals surface area contributed by atoms with Crippen molar-refractivity contribution in [2.24, 2.45) is 11.3 Å². The highest BCUT2D eigenvalue weighted by Crippen LogP contribution is 2.67. The lowest BCUT2D eigenvalue weighted by atomic mass is 9.87. The molecule has 2 aliphatic rings. The minimum absolute atomic E-state index is 0.0134. The summed E-state index contributed by atoms with van der Waals surface area (Å²) in [5.74, 6) is 2.66. The average Bonchev–Trinajstić information content (AvgIpc) is 3.36. The SMILES string of the molecule is Cc1[nH]c2ccccc2c1[C@@H]1[C@H](CC(=O)N(Cc2ccco2)C2(C(=O)Nc3ccc(N(C)C)cc3)CCSCC2)C1(C)C. The zero-order valence-corrected chi connectivity index (χ0v) is 26.6. The zero-order chi connectivity index (χ0) is 30.4. The third-order valence-corrected chi connectivity index (χ3v) is 10.8. The Morgan fingerprint density at radius 3 is 2.42 bits per heavy atom. The summed E-state index contributed by atoms with van der Waals surface area (Å²) in [7, 11) is 3.98. The summed E-state index contributed by atoms with van der Waals surface area (Å²) in [6.45, 7) is 6.94. The number of anilines is 2. The number of para-hydroxylation sites is 1. The Morgan fingerprint density at radius 2 is 1.74 bits per heavy atom. The molecule has 2 atom stereocenters. The van der Waals surface area contributed by atoms with E-state index >= 15 is 0 Å². The highest BCUT2D eigenvalue weighted by atomic mass is 32.2. The van der Waals surface area contributed by atoms with Crippen molar-refractivity contribution in [2.75, 3.05) is 35.8 Å². The van der Waals surface area contributed by atoms with E-state index in [4.69, 9.17) is 4.42 Å². The molecule has 0 bridgehead atoms. The molecule has 2 aromatic carbocycles. The molecule has 43 heavy (non-hydrogen) atoms. The number of rotatable bonds is 9. The number of nitrogens with zero attached hydrogens (tertiary/aromatic N) is 2. The highest BCUT2D eigenvalue weighted by molar-refractivity contribution is 7.99. The Morgan fingerprint density at radius 1 is 1.02 bits per heavy atom. The van der Waals surface area contributed by atoms with Gasteiger partial charge in [0, 0.05) is 48.5 Å². The first-order valence-corrected chi connectivity index (χ1v) is 16.3. The van der Waals surface area contributed by atoms with Crippen molar-refractivity contribution >= 4 is 45.9 Å². The summed E-state index contributed by atoms with van der Waals surface area (Å²) in [6, 6.07) is 20.0. The first kappa shape index (κ1) is 29.4. The molecule has 0 spiro atoms. The molecule has 1 saturated carbocycles. The second kappa shape index (κ2) is 11.5. The Bertz CT molecular complexity index is 1600. The highest BCUT2D eigenvalue weighted by Gasteiger charge is 2.60. The van der Waals surface area contributed by atoms with Gasteiger partial charge in [-0.15, -0.1) is 0 Å². The number of aryl methyl sites for hydroxylation is 1. The molecule has 7 nitrogen and oxygen atoms in total. The number of benzene rings is 2. The number of thioether (sulfide) groups is 1.